The Morgan fingerprint density at radius 3 is 2.25 bits per heavy atom. The van der Waals surface area contributed by atoms with Gasteiger partial charge in [0.25, 0.3) is 0 Å². The number of likely N-dealkylation sites (tertiary alicyclic amines) is 1. The Kier molecular flexibility index (Phi) is 3.56. The van der Waals surface area contributed by atoms with E-state index in [2.05, 4.69) is 4.57 Å². The number of amides is 1. The maximum Gasteiger partial charge on any atom is 0.242 e. The first kappa shape index (κ1) is 13.6. The van der Waals surface area contributed by atoms with Gasteiger partial charge >= 0.3 is 0 Å². The van der Waals surface area contributed by atoms with Crippen molar-refractivity contribution in [2.24, 2.45) is 0 Å². The van der Waals surface area contributed by atoms with Crippen LogP contribution in [-0.4, -0.2) is 47.5 Å². The van der Waals surface area contributed by atoms with Crippen molar-refractivity contribution in [3.63, 3.8) is 0 Å². The summed E-state index contributed by atoms with van der Waals surface area (Å²) in [7, 11) is 0. The molecule has 1 aromatic heterocycles. The second-order valence-corrected chi connectivity index (χ2v) is 5.69. The third-order valence-corrected chi connectivity index (χ3v) is 4.40. The fraction of sp³-hybridized carbons (Fsp3) is 0.667. The summed E-state index contributed by atoms with van der Waals surface area (Å²) in [6, 6.07) is 4.10. The highest BCUT2D eigenvalue weighted by Gasteiger charge is 2.40. The SMILES string of the molecule is Cc1ccc(C)n1CC(=O)N1CCC2(CC1)OCCO2. The van der Waals surface area contributed by atoms with E-state index in [0.717, 1.165) is 37.3 Å². The summed E-state index contributed by atoms with van der Waals surface area (Å²) >= 11 is 0. The van der Waals surface area contributed by atoms with Crippen LogP contribution in [0.1, 0.15) is 24.2 Å². The zero-order chi connectivity index (χ0) is 14.2. The third kappa shape index (κ3) is 2.47. The lowest BCUT2D eigenvalue weighted by molar-refractivity contribution is -0.187. The second kappa shape index (κ2) is 5.22. The molecule has 2 aliphatic rings. The van der Waals surface area contributed by atoms with Crippen molar-refractivity contribution < 1.29 is 14.3 Å². The topological polar surface area (TPSA) is 43.7 Å². The molecule has 0 N–H and O–H groups in total. The normalized spacial score (nSPS) is 21.6. The Bertz CT molecular complexity index is 474. The molecule has 0 unspecified atom stereocenters. The van der Waals surface area contributed by atoms with E-state index in [9.17, 15) is 4.79 Å². The second-order valence-electron chi connectivity index (χ2n) is 5.69. The molecular weight excluding hydrogens is 256 g/mol. The van der Waals surface area contributed by atoms with Crippen LogP contribution in [0.4, 0.5) is 0 Å². The van der Waals surface area contributed by atoms with E-state index in [1.807, 2.05) is 30.9 Å². The van der Waals surface area contributed by atoms with E-state index in [1.54, 1.807) is 0 Å². The van der Waals surface area contributed by atoms with Gasteiger partial charge in [-0.25, -0.2) is 0 Å². The first-order chi connectivity index (χ1) is 9.60. The molecule has 2 fully saturated rings. The number of hydrogen-bond donors (Lipinski definition) is 0. The van der Waals surface area contributed by atoms with Gasteiger partial charge in [-0.05, 0) is 26.0 Å². The molecule has 1 spiro atoms. The zero-order valence-corrected chi connectivity index (χ0v) is 12.2. The summed E-state index contributed by atoms with van der Waals surface area (Å²) in [6.07, 6.45) is 1.56. The van der Waals surface area contributed by atoms with Crippen LogP contribution in [0, 0.1) is 13.8 Å². The van der Waals surface area contributed by atoms with Crippen molar-refractivity contribution in [3.05, 3.63) is 23.5 Å². The molecule has 110 valence electrons. The molecule has 2 saturated heterocycles. The van der Waals surface area contributed by atoms with Crippen LogP contribution in [-0.2, 0) is 20.8 Å². The van der Waals surface area contributed by atoms with Gasteiger partial charge < -0.3 is 18.9 Å². The molecule has 0 bridgehead atoms. The van der Waals surface area contributed by atoms with Gasteiger partial charge in [-0.1, -0.05) is 0 Å². The van der Waals surface area contributed by atoms with E-state index < -0.39 is 5.79 Å². The number of aromatic nitrogens is 1. The lowest BCUT2D eigenvalue weighted by atomic mass is 10.0. The van der Waals surface area contributed by atoms with Crippen LogP contribution in [0.3, 0.4) is 0 Å². The number of carbonyl (C=O) groups excluding carboxylic acids is 1. The summed E-state index contributed by atoms with van der Waals surface area (Å²) in [5.74, 6) is -0.226. The van der Waals surface area contributed by atoms with Crippen molar-refractivity contribution in [2.75, 3.05) is 26.3 Å². The molecule has 3 heterocycles. The molecule has 0 atom stereocenters. The minimum Gasteiger partial charge on any atom is -0.347 e. The maximum atomic E-state index is 12.4. The van der Waals surface area contributed by atoms with E-state index in [0.29, 0.717) is 19.8 Å². The molecule has 20 heavy (non-hydrogen) atoms. The molecule has 5 nitrogen and oxygen atoms in total. The van der Waals surface area contributed by atoms with E-state index >= 15 is 0 Å². The van der Waals surface area contributed by atoms with Crippen molar-refractivity contribution in [1.82, 2.24) is 9.47 Å². The van der Waals surface area contributed by atoms with Gasteiger partial charge in [0.2, 0.25) is 5.91 Å². The van der Waals surface area contributed by atoms with Crippen molar-refractivity contribution in [3.8, 4) is 0 Å². The Labute approximate surface area is 119 Å². The summed E-state index contributed by atoms with van der Waals surface area (Å²) in [5, 5.41) is 0. The lowest BCUT2D eigenvalue weighted by Crippen LogP contribution is -2.48. The minimum absolute atomic E-state index is 0.181. The quantitative estimate of drug-likeness (QED) is 0.823. The summed E-state index contributed by atoms with van der Waals surface area (Å²) in [4.78, 5) is 14.3. The molecule has 5 heteroatoms. The number of rotatable bonds is 2. The Morgan fingerprint density at radius 1 is 1.15 bits per heavy atom. The predicted octanol–water partition coefficient (Wildman–Crippen LogP) is 1.47. The van der Waals surface area contributed by atoms with Crippen LogP contribution in [0.25, 0.3) is 0 Å². The highest BCUT2D eigenvalue weighted by atomic mass is 16.7. The number of carbonyl (C=O) groups is 1. The molecule has 0 saturated carbocycles. The molecule has 0 aliphatic carbocycles. The molecule has 0 radical (unpaired) electrons. The lowest BCUT2D eigenvalue weighted by Gasteiger charge is -2.37. The first-order valence-electron chi connectivity index (χ1n) is 7.28. The van der Waals surface area contributed by atoms with Crippen LogP contribution in [0.2, 0.25) is 0 Å². The van der Waals surface area contributed by atoms with Gasteiger partial charge in [0, 0.05) is 37.3 Å². The van der Waals surface area contributed by atoms with Crippen molar-refractivity contribution >= 4 is 5.91 Å². The highest BCUT2D eigenvalue weighted by molar-refractivity contribution is 5.76. The Balaban J connectivity index is 1.59. The number of ether oxygens (including phenoxy) is 2. The van der Waals surface area contributed by atoms with Crippen molar-refractivity contribution in [2.45, 2.75) is 39.0 Å². The molecule has 0 aromatic carbocycles. The van der Waals surface area contributed by atoms with Crippen LogP contribution >= 0.6 is 0 Å². The van der Waals surface area contributed by atoms with Gasteiger partial charge in [-0.15, -0.1) is 0 Å². The zero-order valence-electron chi connectivity index (χ0n) is 12.2. The molecular formula is C15H22N2O3. The monoisotopic (exact) mass is 278 g/mol. The largest absolute Gasteiger partial charge is 0.347 e. The average Bonchev–Trinajstić information content (AvgIpc) is 3.02. The predicted molar refractivity (Wildman–Crippen MR) is 74.4 cm³/mol. The molecule has 2 aliphatic heterocycles. The molecule has 3 rings (SSSR count). The van der Waals surface area contributed by atoms with Gasteiger partial charge in [0.1, 0.15) is 6.54 Å². The van der Waals surface area contributed by atoms with Crippen LogP contribution in [0.15, 0.2) is 12.1 Å². The number of aryl methyl sites for hydroxylation is 2. The number of nitrogens with zero attached hydrogens (tertiary/aromatic N) is 2. The van der Waals surface area contributed by atoms with Crippen LogP contribution in [0.5, 0.6) is 0 Å². The van der Waals surface area contributed by atoms with Gasteiger partial charge in [-0.2, -0.15) is 0 Å². The molecule has 1 amide bonds. The summed E-state index contributed by atoms with van der Waals surface area (Å²) < 4.78 is 13.4. The number of piperidine rings is 1. The number of hydrogen-bond acceptors (Lipinski definition) is 3. The first-order valence-corrected chi connectivity index (χ1v) is 7.28. The smallest absolute Gasteiger partial charge is 0.242 e. The highest BCUT2D eigenvalue weighted by Crippen LogP contribution is 2.31. The average molecular weight is 278 g/mol. The van der Waals surface area contributed by atoms with Gasteiger partial charge in [-0.3, -0.25) is 4.79 Å². The fourth-order valence-electron chi connectivity index (χ4n) is 3.07. The standard InChI is InChI=1S/C15H22N2O3/c1-12-3-4-13(2)17(12)11-14(18)16-7-5-15(6-8-16)19-9-10-20-15/h3-4H,5-11H2,1-2H3. The summed E-state index contributed by atoms with van der Waals surface area (Å²) in [6.45, 7) is 7.29. The van der Waals surface area contributed by atoms with E-state index in [1.165, 1.54) is 0 Å². The Morgan fingerprint density at radius 2 is 1.70 bits per heavy atom. The minimum atomic E-state index is -0.407. The van der Waals surface area contributed by atoms with E-state index in [4.69, 9.17) is 9.47 Å². The van der Waals surface area contributed by atoms with Crippen molar-refractivity contribution in [1.29, 1.82) is 0 Å². The molecule has 1 aromatic rings. The maximum absolute atomic E-state index is 12.4. The van der Waals surface area contributed by atoms with Gasteiger partial charge in [0.05, 0.1) is 13.2 Å². The van der Waals surface area contributed by atoms with Crippen LogP contribution < -0.4 is 0 Å². The Hall–Kier alpha value is -1.33. The van der Waals surface area contributed by atoms with Gasteiger partial charge in [0.15, 0.2) is 5.79 Å². The fourth-order valence-corrected chi connectivity index (χ4v) is 3.07. The summed E-state index contributed by atoms with van der Waals surface area (Å²) in [5.41, 5.74) is 2.26. The third-order valence-electron chi connectivity index (χ3n) is 4.40. The van der Waals surface area contributed by atoms with E-state index in [-0.39, 0.29) is 5.91 Å².